The summed E-state index contributed by atoms with van der Waals surface area (Å²) in [5.41, 5.74) is 4.31. The summed E-state index contributed by atoms with van der Waals surface area (Å²) < 4.78 is 5.47. The van der Waals surface area contributed by atoms with Gasteiger partial charge in [-0.05, 0) is 46.1 Å². The van der Waals surface area contributed by atoms with Gasteiger partial charge in [0, 0.05) is 11.3 Å². The second-order valence-electron chi connectivity index (χ2n) is 4.93. The van der Waals surface area contributed by atoms with E-state index in [4.69, 9.17) is 4.74 Å². The van der Waals surface area contributed by atoms with Crippen LogP contribution in [0.3, 0.4) is 0 Å². The molecule has 0 aliphatic carbocycles. The van der Waals surface area contributed by atoms with Gasteiger partial charge >= 0.3 is 0 Å². The Kier molecular flexibility index (Phi) is 4.77. The molecule has 0 aromatic heterocycles. The second-order valence-corrected chi connectivity index (χ2v) is 6.41. The summed E-state index contributed by atoms with van der Waals surface area (Å²) in [7, 11) is 1.83. The molecule has 1 aliphatic rings. The van der Waals surface area contributed by atoms with E-state index in [1.54, 1.807) is 7.11 Å². The van der Waals surface area contributed by atoms with Gasteiger partial charge in [-0.2, -0.15) is 12.6 Å². The molecule has 1 aromatic rings. The molecular weight excluding hydrogens is 291 g/mol. The van der Waals surface area contributed by atoms with Gasteiger partial charge in [0.1, 0.15) is 11.5 Å². The lowest BCUT2D eigenvalue weighted by molar-refractivity contribution is 0.108. The van der Waals surface area contributed by atoms with Crippen molar-refractivity contribution >= 4 is 26.7 Å². The predicted octanol–water partition coefficient (Wildman–Crippen LogP) is 3.46. The highest BCUT2D eigenvalue weighted by Crippen LogP contribution is 2.47. The van der Waals surface area contributed by atoms with E-state index >= 15 is 0 Å². The second kappa shape index (κ2) is 6.19. The van der Waals surface area contributed by atoms with E-state index in [0.29, 0.717) is 29.1 Å². The van der Waals surface area contributed by atoms with Crippen LogP contribution in [0.2, 0.25) is 0 Å². The molecule has 1 aromatic carbocycles. The van der Waals surface area contributed by atoms with Gasteiger partial charge < -0.3 is 9.84 Å². The zero-order valence-corrected chi connectivity index (χ0v) is 13.8. The van der Waals surface area contributed by atoms with Crippen molar-refractivity contribution in [2.45, 2.75) is 26.4 Å². The maximum atomic E-state index is 12.0. The Labute approximate surface area is 126 Å². The Hall–Kier alpha value is -0.990. The minimum atomic E-state index is 0.0550. The Bertz CT molecular complexity index is 594. The third-order valence-electron chi connectivity index (χ3n) is 3.65. The van der Waals surface area contributed by atoms with Gasteiger partial charge in [-0.15, -0.1) is 0 Å². The van der Waals surface area contributed by atoms with Crippen LogP contribution in [-0.4, -0.2) is 23.5 Å². The highest BCUT2D eigenvalue weighted by atomic mass is 32.1. The van der Waals surface area contributed by atoms with Crippen molar-refractivity contribution in [1.29, 1.82) is 0 Å². The number of fused-ring (bicyclic) bond motifs is 1. The predicted molar refractivity (Wildman–Crippen MR) is 87.1 cm³/mol. The number of ether oxygens (including phenoxy) is 1. The highest BCUT2D eigenvalue weighted by molar-refractivity contribution is 7.80. The summed E-state index contributed by atoms with van der Waals surface area (Å²) >= 11 is 4.22. The lowest BCUT2D eigenvalue weighted by Gasteiger charge is -2.16. The number of phenolic OH excluding ortho intramolecular Hbond substituents is 1. The van der Waals surface area contributed by atoms with E-state index in [9.17, 15) is 9.90 Å². The molecular formula is C15H19O3PS. The van der Waals surface area contributed by atoms with Crippen LogP contribution in [0, 0.1) is 6.92 Å². The first-order valence-corrected chi connectivity index (χ1v) is 8.31. The number of benzene rings is 1. The quantitative estimate of drug-likeness (QED) is 0.508. The van der Waals surface area contributed by atoms with Crippen LogP contribution < -0.4 is 4.74 Å². The lowest BCUT2D eigenvalue weighted by Crippen LogP contribution is -2.02. The third-order valence-corrected chi connectivity index (χ3v) is 5.25. The van der Waals surface area contributed by atoms with E-state index in [1.807, 2.05) is 19.9 Å². The van der Waals surface area contributed by atoms with E-state index in [2.05, 4.69) is 12.6 Å². The molecule has 3 nitrogen and oxygen atoms in total. The average molecular weight is 310 g/mol. The molecule has 1 N–H and O–H groups in total. The molecule has 0 radical (unpaired) electrons. The molecule has 108 valence electrons. The largest absolute Gasteiger partial charge is 0.507 e. The van der Waals surface area contributed by atoms with Crippen molar-refractivity contribution in [2.24, 2.45) is 0 Å². The molecule has 0 spiro atoms. The number of hydrogen-bond donors (Lipinski definition) is 2. The number of methoxy groups -OCH3 is 1. The normalized spacial score (nSPS) is 15.8. The monoisotopic (exact) mass is 310 g/mol. The molecule has 5 heteroatoms. The fourth-order valence-corrected chi connectivity index (χ4v) is 3.84. The van der Waals surface area contributed by atoms with E-state index in [-0.39, 0.29) is 19.9 Å². The van der Waals surface area contributed by atoms with Gasteiger partial charge in [-0.3, -0.25) is 4.79 Å². The standard InChI is InChI=1S/C15H19O3PS/c1-8(7-20)4-5-10-13(16)12-11(6-19-15(12)17)9(2)14(10)18-3/h4,16,19-20H,5-7H2,1-3H3/b8-4+. The first kappa shape index (κ1) is 15.4. The first-order chi connectivity index (χ1) is 9.51. The van der Waals surface area contributed by atoms with Gasteiger partial charge in [-0.1, -0.05) is 11.6 Å². The van der Waals surface area contributed by atoms with Gasteiger partial charge in [-0.25, -0.2) is 0 Å². The van der Waals surface area contributed by atoms with Crippen LogP contribution in [0.4, 0.5) is 0 Å². The number of aromatic hydroxyl groups is 1. The molecule has 0 amide bonds. The zero-order chi connectivity index (χ0) is 14.9. The van der Waals surface area contributed by atoms with E-state index < -0.39 is 0 Å². The molecule has 0 bridgehead atoms. The highest BCUT2D eigenvalue weighted by Gasteiger charge is 2.30. The van der Waals surface area contributed by atoms with Crippen LogP contribution in [0.15, 0.2) is 11.6 Å². The Morgan fingerprint density at radius 3 is 2.85 bits per heavy atom. The number of carbonyl (C=O) groups excluding carboxylic acids is 1. The van der Waals surface area contributed by atoms with Crippen molar-refractivity contribution in [3.05, 3.63) is 33.9 Å². The van der Waals surface area contributed by atoms with Gasteiger partial charge in [0.15, 0.2) is 5.52 Å². The van der Waals surface area contributed by atoms with Crippen LogP contribution in [0.25, 0.3) is 0 Å². The molecule has 1 heterocycles. The topological polar surface area (TPSA) is 46.5 Å². The van der Waals surface area contributed by atoms with E-state index in [0.717, 1.165) is 22.9 Å². The van der Waals surface area contributed by atoms with Crippen molar-refractivity contribution < 1.29 is 14.6 Å². The van der Waals surface area contributed by atoms with Crippen LogP contribution in [0.1, 0.15) is 34.0 Å². The summed E-state index contributed by atoms with van der Waals surface area (Å²) in [5.74, 6) is 1.47. The fraction of sp³-hybridized carbons (Fsp3) is 0.400. The molecule has 1 unspecified atom stereocenters. The van der Waals surface area contributed by atoms with Gasteiger partial charge in [0.05, 0.1) is 12.7 Å². The number of phenols is 1. The van der Waals surface area contributed by atoms with Crippen molar-refractivity contribution in [3.63, 3.8) is 0 Å². The molecule has 1 aliphatic heterocycles. The number of hydrogen-bond acceptors (Lipinski definition) is 4. The number of rotatable bonds is 4. The number of carbonyl (C=O) groups is 1. The van der Waals surface area contributed by atoms with Crippen molar-refractivity contribution in [2.75, 3.05) is 12.9 Å². The Balaban J connectivity index is 2.58. The summed E-state index contributed by atoms with van der Waals surface area (Å²) in [6, 6.07) is 0. The minimum absolute atomic E-state index is 0.0550. The molecule has 2 rings (SSSR count). The first-order valence-electron chi connectivity index (χ1n) is 6.47. The summed E-state index contributed by atoms with van der Waals surface area (Å²) in [6.45, 7) is 3.95. The summed E-state index contributed by atoms with van der Waals surface area (Å²) in [4.78, 5) is 12.0. The zero-order valence-electron chi connectivity index (χ0n) is 11.9. The van der Waals surface area contributed by atoms with Crippen LogP contribution >= 0.6 is 21.2 Å². The lowest BCUT2D eigenvalue weighted by atomic mass is 9.95. The van der Waals surface area contributed by atoms with Crippen LogP contribution in [-0.2, 0) is 12.6 Å². The molecule has 0 fully saturated rings. The van der Waals surface area contributed by atoms with Gasteiger partial charge in [0.2, 0.25) is 0 Å². The molecule has 1 atom stereocenters. The third kappa shape index (κ3) is 2.59. The minimum Gasteiger partial charge on any atom is -0.507 e. The molecule has 0 saturated heterocycles. The Morgan fingerprint density at radius 2 is 2.25 bits per heavy atom. The molecule has 0 saturated carbocycles. The van der Waals surface area contributed by atoms with Gasteiger partial charge in [0.25, 0.3) is 0 Å². The fourth-order valence-electron chi connectivity index (χ4n) is 2.48. The SMILES string of the molecule is COc1c(C)c2c(c(O)c1C/C=C(\C)CS)C(=O)PC2. The maximum absolute atomic E-state index is 12.0. The smallest absolute Gasteiger partial charge is 0.185 e. The Morgan fingerprint density at radius 1 is 1.55 bits per heavy atom. The molecule has 20 heavy (non-hydrogen) atoms. The maximum Gasteiger partial charge on any atom is 0.185 e. The number of thiol groups is 1. The summed E-state index contributed by atoms with van der Waals surface area (Å²) in [5, 5.41) is 10.5. The average Bonchev–Trinajstić information content (AvgIpc) is 2.83. The summed E-state index contributed by atoms with van der Waals surface area (Å²) in [6.07, 6.45) is 3.28. The van der Waals surface area contributed by atoms with E-state index in [1.165, 1.54) is 0 Å². The van der Waals surface area contributed by atoms with Crippen molar-refractivity contribution in [1.82, 2.24) is 0 Å². The number of allylic oxidation sites excluding steroid dienone is 1. The van der Waals surface area contributed by atoms with Crippen molar-refractivity contribution in [3.8, 4) is 11.5 Å². The van der Waals surface area contributed by atoms with Crippen LogP contribution in [0.5, 0.6) is 11.5 Å².